The Morgan fingerprint density at radius 3 is 1.31 bits per heavy atom. The lowest BCUT2D eigenvalue weighted by Gasteiger charge is -2.25. The minimum Gasteiger partial charge on any atom is -0.126 e. The Hall–Kier alpha value is 2.13. The van der Waals surface area contributed by atoms with Crippen molar-refractivity contribution >= 4 is 86.6 Å². The van der Waals surface area contributed by atoms with Gasteiger partial charge in [-0.15, -0.1) is 78.8 Å². The van der Waals surface area contributed by atoms with Crippen molar-refractivity contribution < 1.29 is 0 Å². The molecule has 9 heteroatoms. The van der Waals surface area contributed by atoms with Crippen LogP contribution in [0, 0.1) is 0 Å². The second-order valence-electron chi connectivity index (χ2n) is 4.09. The Bertz CT molecular complexity index is 215. The van der Waals surface area contributed by atoms with Crippen molar-refractivity contribution in [1.29, 1.82) is 0 Å². The molecule has 96 valence electrons. The highest BCUT2D eigenvalue weighted by atomic mass is 35.8. The molecule has 0 fully saturated rings. The topological polar surface area (TPSA) is 0 Å². The lowest BCUT2D eigenvalue weighted by molar-refractivity contribution is 1.25. The third-order valence-electron chi connectivity index (χ3n) is 2.45. The van der Waals surface area contributed by atoms with E-state index in [-0.39, 0.29) is 0 Å². The normalized spacial score (nSPS) is 13.9. The molecule has 0 aromatic rings. The van der Waals surface area contributed by atoms with Gasteiger partial charge in [0.25, 0.3) is 0 Å². The minimum absolute atomic E-state index is 0.661. The zero-order valence-electron chi connectivity index (χ0n) is 8.88. The predicted molar refractivity (Wildman–Crippen MR) is 87.7 cm³/mol. The van der Waals surface area contributed by atoms with E-state index in [1.165, 1.54) is 0 Å². The van der Waals surface area contributed by atoms with Gasteiger partial charge in [0.05, 0.1) is 8.07 Å². The maximum atomic E-state index is 5.87. The maximum Gasteiger partial charge on any atom is 0.341 e. The van der Waals surface area contributed by atoms with Crippen LogP contribution in [0.2, 0.25) is 30.7 Å². The number of halogens is 6. The molecule has 0 aliphatic heterocycles. The first kappa shape index (κ1) is 18.1. The summed E-state index contributed by atoms with van der Waals surface area (Å²) >= 11 is 35.2. The Morgan fingerprint density at radius 1 is 0.812 bits per heavy atom. The Morgan fingerprint density at radius 2 is 1.12 bits per heavy atom. The van der Waals surface area contributed by atoms with Crippen molar-refractivity contribution in [2.24, 2.45) is 0 Å². The molecule has 0 amide bonds. The Balaban J connectivity index is 4.27. The van der Waals surface area contributed by atoms with Crippen LogP contribution in [0.1, 0.15) is 0 Å². The molecule has 0 spiro atoms. The predicted octanol–water partition coefficient (Wildman–Crippen LogP) is 6.10. The second-order valence-corrected chi connectivity index (χ2v) is 27.4. The molecule has 0 aliphatic carbocycles. The highest BCUT2D eigenvalue weighted by Gasteiger charge is 2.34. The van der Waals surface area contributed by atoms with Crippen LogP contribution in [0.15, 0.2) is 12.3 Å². The van der Waals surface area contributed by atoms with Crippen LogP contribution in [0.25, 0.3) is 0 Å². The molecular weight excluding hydrogens is 381 g/mol. The Labute approximate surface area is 128 Å². The van der Waals surface area contributed by atoms with E-state index in [1.54, 1.807) is 0 Å². The fraction of sp³-hybridized carbons (Fsp3) is 0.714. The average Bonchev–Trinajstić information content (AvgIpc) is 2.09. The minimum atomic E-state index is -2.54. The van der Waals surface area contributed by atoms with E-state index in [9.17, 15) is 0 Å². The number of hydrogen-bond acceptors (Lipinski definition) is 0. The van der Waals surface area contributed by atoms with Gasteiger partial charge in [-0.3, -0.25) is 0 Å². The van der Waals surface area contributed by atoms with E-state index in [4.69, 9.17) is 66.5 Å². The highest BCUT2D eigenvalue weighted by molar-refractivity contribution is 7.65. The fourth-order valence-electron chi connectivity index (χ4n) is 1.18. The first-order chi connectivity index (χ1) is 6.97. The van der Waals surface area contributed by atoms with Crippen molar-refractivity contribution in [3.05, 3.63) is 12.3 Å². The molecule has 0 heterocycles. The van der Waals surface area contributed by atoms with Gasteiger partial charge in [0, 0.05) is 0 Å². The number of rotatable bonds is 7. The summed E-state index contributed by atoms with van der Waals surface area (Å²) in [5.41, 5.74) is 2.00. The van der Waals surface area contributed by atoms with Crippen LogP contribution in [0.5, 0.6) is 0 Å². The van der Waals surface area contributed by atoms with E-state index in [0.717, 1.165) is 12.1 Å². The van der Waals surface area contributed by atoms with Crippen molar-refractivity contribution in [1.82, 2.24) is 0 Å². The van der Waals surface area contributed by atoms with Crippen LogP contribution >= 0.6 is 66.5 Å². The fourth-order valence-corrected chi connectivity index (χ4v) is 13.8. The van der Waals surface area contributed by atoms with Crippen LogP contribution < -0.4 is 0 Å². The van der Waals surface area contributed by atoms with Gasteiger partial charge in [-0.25, -0.2) is 0 Å². The molecule has 0 rings (SSSR count). The third-order valence-corrected chi connectivity index (χ3v) is 12.3. The quantitative estimate of drug-likeness (QED) is 0.361. The van der Waals surface area contributed by atoms with Crippen LogP contribution in [0.4, 0.5) is 0 Å². The van der Waals surface area contributed by atoms with Crippen LogP contribution in [0.3, 0.4) is 0 Å². The molecule has 0 atom stereocenters. The van der Waals surface area contributed by atoms with E-state index in [2.05, 4.69) is 13.1 Å². The van der Waals surface area contributed by atoms with Crippen molar-refractivity contribution in [2.45, 2.75) is 30.7 Å². The molecule has 0 radical (unpaired) electrons. The van der Waals surface area contributed by atoms with Crippen LogP contribution in [-0.4, -0.2) is 20.1 Å². The van der Waals surface area contributed by atoms with Gasteiger partial charge in [-0.05, 0) is 12.1 Å². The van der Waals surface area contributed by atoms with Gasteiger partial charge in [0.15, 0.2) is 0 Å². The summed E-state index contributed by atoms with van der Waals surface area (Å²) in [4.78, 5) is 0. The summed E-state index contributed by atoms with van der Waals surface area (Å²) in [5, 5.41) is 0. The van der Waals surface area contributed by atoms with Gasteiger partial charge < -0.3 is 0 Å². The lowest BCUT2D eigenvalue weighted by Crippen LogP contribution is -2.31. The monoisotopic (exact) mass is 392 g/mol. The van der Waals surface area contributed by atoms with Gasteiger partial charge in [-0.2, -0.15) is 0 Å². The standard InChI is InChI=1S/C7H14Cl6Si3/c1-3-14(2,4-6-15(8,9)10)5-7-16(11,12)13/h3H,1,4-7H2,2H3. The summed E-state index contributed by atoms with van der Waals surface area (Å²) in [5.74, 6) is 0. The lowest BCUT2D eigenvalue weighted by atomic mass is 10.9. The highest BCUT2D eigenvalue weighted by Crippen LogP contribution is 2.35. The van der Waals surface area contributed by atoms with Gasteiger partial charge in [-0.1, -0.05) is 18.6 Å². The molecule has 16 heavy (non-hydrogen) atoms. The van der Waals surface area contributed by atoms with Crippen LogP contribution in [-0.2, 0) is 0 Å². The first-order valence-corrected chi connectivity index (χ1v) is 18.2. The summed E-state index contributed by atoms with van der Waals surface area (Å²) in [7, 11) is -1.62. The SMILES string of the molecule is C=C[Si](C)(CC[Si](Cl)(Cl)Cl)CC[Si](Cl)(Cl)Cl. The maximum absolute atomic E-state index is 5.87. The zero-order chi connectivity index (χ0) is 13.0. The smallest absolute Gasteiger partial charge is 0.126 e. The molecule has 0 unspecified atom stereocenters. The molecule has 0 aromatic carbocycles. The third kappa shape index (κ3) is 10.1. The van der Waals surface area contributed by atoms with Gasteiger partial charge in [0.2, 0.25) is 0 Å². The van der Waals surface area contributed by atoms with Crippen molar-refractivity contribution in [3.8, 4) is 0 Å². The van der Waals surface area contributed by atoms with E-state index < -0.39 is 20.1 Å². The van der Waals surface area contributed by atoms with Gasteiger partial charge >= 0.3 is 12.0 Å². The molecular formula is C7H14Cl6Si3. The summed E-state index contributed by atoms with van der Waals surface area (Å²) < 4.78 is 0. The van der Waals surface area contributed by atoms with Gasteiger partial charge in [0.1, 0.15) is 0 Å². The number of hydrogen-bond donors (Lipinski definition) is 0. The molecule has 0 N–H and O–H groups in total. The summed E-state index contributed by atoms with van der Waals surface area (Å²) in [6, 6.07) is -1.94. The summed E-state index contributed by atoms with van der Waals surface area (Å²) in [6.45, 7) is 6.06. The zero-order valence-corrected chi connectivity index (χ0v) is 16.4. The largest absolute Gasteiger partial charge is 0.341 e. The molecule has 0 aromatic heterocycles. The van der Waals surface area contributed by atoms with Crippen molar-refractivity contribution in [3.63, 3.8) is 0 Å². The molecule has 0 nitrogen and oxygen atoms in total. The van der Waals surface area contributed by atoms with E-state index >= 15 is 0 Å². The van der Waals surface area contributed by atoms with E-state index in [0.29, 0.717) is 12.1 Å². The molecule has 0 bridgehead atoms. The summed E-state index contributed by atoms with van der Waals surface area (Å²) in [6.07, 6.45) is 0. The second kappa shape index (κ2) is 7.06. The van der Waals surface area contributed by atoms with Crippen molar-refractivity contribution in [2.75, 3.05) is 0 Å². The molecule has 0 saturated heterocycles. The molecule has 0 saturated carbocycles. The molecule has 0 aliphatic rings. The Kier molecular flexibility index (Phi) is 8.00. The van der Waals surface area contributed by atoms with E-state index in [1.807, 2.05) is 5.70 Å². The average molecular weight is 395 g/mol. The first-order valence-electron chi connectivity index (χ1n) is 4.75.